The van der Waals surface area contributed by atoms with Crippen LogP contribution in [0.3, 0.4) is 0 Å². The maximum atomic E-state index is 6.05. The number of fused-ring (bicyclic) bond motifs is 4. The fourth-order valence-electron chi connectivity index (χ4n) is 2.45. The average molecular weight is 268 g/mol. The first kappa shape index (κ1) is 11.3. The molecule has 0 fully saturated rings. The zero-order valence-electron chi connectivity index (χ0n) is 11.3. The molecule has 0 spiro atoms. The molecule has 7 heteroatoms. The summed E-state index contributed by atoms with van der Waals surface area (Å²) in [5.74, 6) is 1.17. The highest BCUT2D eigenvalue weighted by Gasteiger charge is 2.36. The van der Waals surface area contributed by atoms with Crippen LogP contribution >= 0.6 is 0 Å². The molecule has 3 aromatic rings. The number of hydrogen-bond acceptors (Lipinski definition) is 6. The third-order valence-electron chi connectivity index (χ3n) is 3.39. The molecule has 0 saturated heterocycles. The number of hydrogen-bond donors (Lipinski definition) is 0. The highest BCUT2D eigenvalue weighted by atomic mass is 16.5. The van der Waals surface area contributed by atoms with E-state index in [-0.39, 0.29) is 0 Å². The van der Waals surface area contributed by atoms with Crippen molar-refractivity contribution >= 4 is 5.78 Å². The predicted octanol–water partition coefficient (Wildman–Crippen LogP) is 1.52. The van der Waals surface area contributed by atoms with Gasteiger partial charge in [-0.2, -0.15) is 0 Å². The van der Waals surface area contributed by atoms with Crippen molar-refractivity contribution in [2.75, 3.05) is 0 Å². The molecule has 1 aromatic carbocycles. The molecule has 1 aliphatic heterocycles. The number of aromatic nitrogens is 6. The molecule has 2 aromatic heterocycles. The second kappa shape index (κ2) is 3.50. The maximum absolute atomic E-state index is 6.05. The first-order valence-corrected chi connectivity index (χ1v) is 6.31. The highest BCUT2D eigenvalue weighted by Crippen LogP contribution is 2.43. The Hall–Kier alpha value is -2.57. The molecule has 4 rings (SSSR count). The van der Waals surface area contributed by atoms with Gasteiger partial charge in [0.2, 0.25) is 0 Å². The van der Waals surface area contributed by atoms with E-state index in [9.17, 15) is 0 Å². The van der Waals surface area contributed by atoms with Crippen LogP contribution in [0.2, 0.25) is 0 Å². The normalized spacial score (nSPS) is 15.6. The lowest BCUT2D eigenvalue weighted by atomic mass is 9.94. The molecular formula is C13H12N6O. The number of tetrazole rings is 1. The predicted molar refractivity (Wildman–Crippen MR) is 70.2 cm³/mol. The van der Waals surface area contributed by atoms with Gasteiger partial charge < -0.3 is 4.74 Å². The Morgan fingerprint density at radius 1 is 1.25 bits per heavy atom. The topological polar surface area (TPSA) is 78.1 Å². The molecule has 0 bridgehead atoms. The molecule has 0 unspecified atom stereocenters. The smallest absolute Gasteiger partial charge is 0.291 e. The summed E-state index contributed by atoms with van der Waals surface area (Å²) >= 11 is 0. The van der Waals surface area contributed by atoms with E-state index in [1.54, 1.807) is 0 Å². The highest BCUT2D eigenvalue weighted by molar-refractivity contribution is 5.72. The van der Waals surface area contributed by atoms with Crippen LogP contribution in [0.15, 0.2) is 18.2 Å². The van der Waals surface area contributed by atoms with Crippen LogP contribution in [0, 0.1) is 6.92 Å². The lowest BCUT2D eigenvalue weighted by Crippen LogP contribution is -2.32. The Balaban J connectivity index is 2.11. The second-order valence-electron chi connectivity index (χ2n) is 5.39. The summed E-state index contributed by atoms with van der Waals surface area (Å²) < 4.78 is 7.39. The van der Waals surface area contributed by atoms with E-state index >= 15 is 0 Å². The van der Waals surface area contributed by atoms with Crippen molar-refractivity contribution in [3.63, 3.8) is 0 Å². The van der Waals surface area contributed by atoms with Gasteiger partial charge in [-0.05, 0) is 43.3 Å². The number of nitrogens with zero attached hydrogens (tertiary/aromatic N) is 6. The van der Waals surface area contributed by atoms with Gasteiger partial charge in [0.1, 0.15) is 22.7 Å². The molecule has 0 saturated carbocycles. The molecule has 0 aliphatic carbocycles. The number of ether oxygens (including phenoxy) is 1. The third kappa shape index (κ3) is 1.43. The zero-order valence-corrected chi connectivity index (χ0v) is 11.3. The monoisotopic (exact) mass is 268 g/mol. The Kier molecular flexibility index (Phi) is 1.97. The van der Waals surface area contributed by atoms with Gasteiger partial charge in [-0.15, -0.1) is 5.10 Å². The molecule has 0 amide bonds. The summed E-state index contributed by atoms with van der Waals surface area (Å²) in [4.78, 5) is 4.50. The number of aryl methyl sites for hydroxylation is 1. The molecule has 0 N–H and O–H groups in total. The van der Waals surface area contributed by atoms with Gasteiger partial charge in [-0.1, -0.05) is 21.4 Å². The number of rotatable bonds is 0. The van der Waals surface area contributed by atoms with Crippen molar-refractivity contribution in [3.05, 3.63) is 29.5 Å². The van der Waals surface area contributed by atoms with E-state index in [1.807, 2.05) is 39.0 Å². The van der Waals surface area contributed by atoms with Crippen molar-refractivity contribution in [1.82, 2.24) is 30.2 Å². The largest absolute Gasteiger partial charge is 0.481 e. The van der Waals surface area contributed by atoms with Crippen LogP contribution in [-0.2, 0) is 5.60 Å². The van der Waals surface area contributed by atoms with E-state index in [4.69, 9.17) is 4.74 Å². The lowest BCUT2D eigenvalue weighted by Gasteiger charge is -2.32. The molecular weight excluding hydrogens is 256 g/mol. The first-order valence-electron chi connectivity index (χ1n) is 6.31. The first-order chi connectivity index (χ1) is 9.54. The molecule has 3 heterocycles. The maximum Gasteiger partial charge on any atom is 0.291 e. The van der Waals surface area contributed by atoms with Gasteiger partial charge in [0.25, 0.3) is 5.78 Å². The summed E-state index contributed by atoms with van der Waals surface area (Å²) in [6.45, 7) is 5.95. The van der Waals surface area contributed by atoms with Gasteiger partial charge in [0.05, 0.1) is 0 Å². The summed E-state index contributed by atoms with van der Waals surface area (Å²) in [5.41, 5.74) is 3.00. The molecule has 0 atom stereocenters. The minimum Gasteiger partial charge on any atom is -0.481 e. The van der Waals surface area contributed by atoms with Gasteiger partial charge in [0.15, 0.2) is 0 Å². The molecule has 1 aliphatic rings. The molecule has 7 nitrogen and oxygen atoms in total. The number of benzene rings is 1. The van der Waals surface area contributed by atoms with Gasteiger partial charge in [-0.25, -0.2) is 4.98 Å². The standard InChI is InChI=1S/C13H12N6O/c1-7-4-5-9-8(6-7)10-11(13(2,3)20-9)14-12-15-17-18-19(12)16-10/h4-6H,1-3H3. The SMILES string of the molecule is Cc1ccc2c(c1)-c1nn3nnnc3nc1C(C)(C)O2. The van der Waals surface area contributed by atoms with E-state index in [1.165, 1.54) is 4.63 Å². The van der Waals surface area contributed by atoms with Crippen LogP contribution in [0.1, 0.15) is 25.1 Å². The minimum atomic E-state index is -0.571. The van der Waals surface area contributed by atoms with Crippen LogP contribution in [0.4, 0.5) is 0 Å². The van der Waals surface area contributed by atoms with Crippen LogP contribution in [-0.4, -0.2) is 30.2 Å². The lowest BCUT2D eigenvalue weighted by molar-refractivity contribution is 0.0997. The van der Waals surface area contributed by atoms with Crippen LogP contribution in [0.25, 0.3) is 17.0 Å². The third-order valence-corrected chi connectivity index (χ3v) is 3.39. The van der Waals surface area contributed by atoms with Gasteiger partial charge in [0, 0.05) is 5.56 Å². The van der Waals surface area contributed by atoms with Crippen LogP contribution < -0.4 is 4.74 Å². The van der Waals surface area contributed by atoms with E-state index < -0.39 is 5.60 Å². The Morgan fingerprint density at radius 3 is 2.95 bits per heavy atom. The Labute approximate surface area is 114 Å². The fourth-order valence-corrected chi connectivity index (χ4v) is 2.45. The fraction of sp³-hybridized carbons (Fsp3) is 0.308. The Morgan fingerprint density at radius 2 is 2.10 bits per heavy atom. The summed E-state index contributed by atoms with van der Waals surface area (Å²) in [6, 6.07) is 6.01. The van der Waals surface area contributed by atoms with Crippen molar-refractivity contribution in [3.8, 4) is 17.0 Å². The van der Waals surface area contributed by atoms with Crippen molar-refractivity contribution < 1.29 is 4.74 Å². The molecule has 0 radical (unpaired) electrons. The molecule has 20 heavy (non-hydrogen) atoms. The minimum absolute atomic E-state index is 0.372. The van der Waals surface area contributed by atoms with Crippen LogP contribution in [0.5, 0.6) is 5.75 Å². The van der Waals surface area contributed by atoms with Crippen molar-refractivity contribution in [1.29, 1.82) is 0 Å². The second-order valence-corrected chi connectivity index (χ2v) is 5.39. The van der Waals surface area contributed by atoms with E-state index in [0.717, 1.165) is 28.3 Å². The zero-order chi connectivity index (χ0) is 13.9. The summed E-state index contributed by atoms with van der Waals surface area (Å²) in [5, 5.41) is 15.7. The van der Waals surface area contributed by atoms with E-state index in [0.29, 0.717) is 5.78 Å². The Bertz CT molecular complexity index is 838. The summed E-state index contributed by atoms with van der Waals surface area (Å²) in [6.07, 6.45) is 0. The quantitative estimate of drug-likeness (QED) is 0.615. The average Bonchev–Trinajstić information content (AvgIpc) is 2.85. The van der Waals surface area contributed by atoms with Crippen molar-refractivity contribution in [2.45, 2.75) is 26.4 Å². The molecule has 100 valence electrons. The van der Waals surface area contributed by atoms with E-state index in [2.05, 4.69) is 25.6 Å². The van der Waals surface area contributed by atoms with Crippen molar-refractivity contribution in [2.24, 2.45) is 0 Å². The van der Waals surface area contributed by atoms with Gasteiger partial charge >= 0.3 is 0 Å². The summed E-state index contributed by atoms with van der Waals surface area (Å²) in [7, 11) is 0. The van der Waals surface area contributed by atoms with Gasteiger partial charge in [-0.3, -0.25) is 0 Å².